The minimum Gasteiger partial charge on any atom is -0.347 e. The Bertz CT molecular complexity index is 1020. The molecule has 0 aliphatic carbocycles. The minimum atomic E-state index is -0.506. The first kappa shape index (κ1) is 19.9. The molecule has 1 spiro atoms. The van der Waals surface area contributed by atoms with Crippen molar-refractivity contribution in [1.82, 2.24) is 19.7 Å². The van der Waals surface area contributed by atoms with Crippen molar-refractivity contribution in [1.29, 1.82) is 0 Å². The van der Waals surface area contributed by atoms with Crippen molar-refractivity contribution in [2.24, 2.45) is 0 Å². The molecule has 0 N–H and O–H groups in total. The standard InChI is InChI=1S/C24H26N4O3/c29-23(27-15-13-24(14-16-27)30-17-18-31-24)22-25-21(12-11-19-7-3-1-4-8-19)28(26-22)20-9-5-2-6-10-20/h1-10H,11-18H2. The maximum Gasteiger partial charge on any atom is 0.293 e. The van der Waals surface area contributed by atoms with Gasteiger partial charge in [0.2, 0.25) is 5.82 Å². The number of para-hydroxylation sites is 1. The number of aromatic nitrogens is 3. The van der Waals surface area contributed by atoms with Crippen LogP contribution >= 0.6 is 0 Å². The second kappa shape index (κ2) is 8.61. The van der Waals surface area contributed by atoms with E-state index in [1.54, 1.807) is 4.68 Å². The molecule has 0 saturated carbocycles. The number of amides is 1. The zero-order chi connectivity index (χ0) is 21.1. The number of piperidine rings is 1. The first-order chi connectivity index (χ1) is 15.2. The molecule has 7 nitrogen and oxygen atoms in total. The van der Waals surface area contributed by atoms with Crippen LogP contribution in [-0.2, 0) is 22.3 Å². The summed E-state index contributed by atoms with van der Waals surface area (Å²) in [6.45, 7) is 2.42. The van der Waals surface area contributed by atoms with Gasteiger partial charge in [0, 0.05) is 32.4 Å². The molecule has 160 valence electrons. The lowest BCUT2D eigenvalue weighted by Gasteiger charge is -2.37. The summed E-state index contributed by atoms with van der Waals surface area (Å²) >= 11 is 0. The summed E-state index contributed by atoms with van der Waals surface area (Å²) in [6.07, 6.45) is 2.89. The van der Waals surface area contributed by atoms with Gasteiger partial charge in [0.25, 0.3) is 5.91 Å². The fourth-order valence-corrected chi connectivity index (χ4v) is 4.25. The third kappa shape index (κ3) is 4.24. The maximum atomic E-state index is 13.2. The molecule has 0 unspecified atom stereocenters. The van der Waals surface area contributed by atoms with Crippen molar-refractivity contribution in [3.05, 3.63) is 77.9 Å². The van der Waals surface area contributed by atoms with E-state index in [4.69, 9.17) is 9.47 Å². The van der Waals surface area contributed by atoms with E-state index in [0.717, 1.165) is 17.9 Å². The van der Waals surface area contributed by atoms with E-state index in [9.17, 15) is 4.79 Å². The van der Waals surface area contributed by atoms with Gasteiger partial charge in [-0.15, -0.1) is 5.10 Å². The number of carbonyl (C=O) groups is 1. The average molecular weight is 418 g/mol. The van der Waals surface area contributed by atoms with Gasteiger partial charge in [-0.25, -0.2) is 9.67 Å². The lowest BCUT2D eigenvalue weighted by Crippen LogP contribution is -2.47. The smallest absolute Gasteiger partial charge is 0.293 e. The van der Waals surface area contributed by atoms with Gasteiger partial charge in [0.05, 0.1) is 18.9 Å². The molecule has 1 aromatic heterocycles. The van der Waals surface area contributed by atoms with Crippen LogP contribution in [0.15, 0.2) is 60.7 Å². The monoisotopic (exact) mass is 418 g/mol. The van der Waals surface area contributed by atoms with E-state index in [-0.39, 0.29) is 11.7 Å². The van der Waals surface area contributed by atoms with Crippen LogP contribution in [0.3, 0.4) is 0 Å². The third-order valence-electron chi connectivity index (χ3n) is 5.97. The maximum absolute atomic E-state index is 13.2. The normalized spacial score (nSPS) is 17.9. The van der Waals surface area contributed by atoms with Crippen LogP contribution in [0.4, 0.5) is 0 Å². The van der Waals surface area contributed by atoms with Gasteiger partial charge in [0.1, 0.15) is 5.82 Å². The van der Waals surface area contributed by atoms with Crippen molar-refractivity contribution in [3.63, 3.8) is 0 Å². The van der Waals surface area contributed by atoms with Crippen LogP contribution in [-0.4, -0.2) is 57.7 Å². The second-order valence-corrected chi connectivity index (χ2v) is 7.98. The molecule has 0 atom stereocenters. The lowest BCUT2D eigenvalue weighted by molar-refractivity contribution is -0.181. The molecule has 31 heavy (non-hydrogen) atoms. The summed E-state index contributed by atoms with van der Waals surface area (Å²) in [7, 11) is 0. The Morgan fingerprint density at radius 2 is 1.55 bits per heavy atom. The van der Waals surface area contributed by atoms with Crippen LogP contribution in [0.2, 0.25) is 0 Å². The van der Waals surface area contributed by atoms with E-state index in [2.05, 4.69) is 22.2 Å². The molecule has 0 radical (unpaired) electrons. The van der Waals surface area contributed by atoms with E-state index < -0.39 is 5.79 Å². The van der Waals surface area contributed by atoms with Crippen LogP contribution in [0.1, 0.15) is 34.8 Å². The summed E-state index contributed by atoms with van der Waals surface area (Å²) in [5, 5.41) is 4.61. The molecular weight excluding hydrogens is 392 g/mol. The van der Waals surface area contributed by atoms with Gasteiger partial charge in [0.15, 0.2) is 5.79 Å². The van der Waals surface area contributed by atoms with Gasteiger partial charge in [-0.05, 0) is 24.1 Å². The van der Waals surface area contributed by atoms with Crippen molar-refractivity contribution in [3.8, 4) is 5.69 Å². The van der Waals surface area contributed by atoms with Crippen molar-refractivity contribution in [2.75, 3.05) is 26.3 Å². The SMILES string of the molecule is O=C(c1nc(CCc2ccccc2)n(-c2ccccc2)n1)N1CCC2(CC1)OCCO2. The summed E-state index contributed by atoms with van der Waals surface area (Å²) in [5.41, 5.74) is 2.14. The highest BCUT2D eigenvalue weighted by molar-refractivity contribution is 5.90. The number of benzene rings is 2. The molecular formula is C24H26N4O3. The first-order valence-corrected chi connectivity index (χ1v) is 10.8. The second-order valence-electron chi connectivity index (χ2n) is 7.98. The Labute approximate surface area is 181 Å². The van der Waals surface area contributed by atoms with Crippen LogP contribution in [0.25, 0.3) is 5.69 Å². The molecule has 0 bridgehead atoms. The Kier molecular flexibility index (Phi) is 5.53. The number of nitrogens with zero attached hydrogens (tertiary/aromatic N) is 4. The highest BCUT2D eigenvalue weighted by Crippen LogP contribution is 2.31. The number of hydrogen-bond donors (Lipinski definition) is 0. The molecule has 3 heterocycles. The fraction of sp³-hybridized carbons (Fsp3) is 0.375. The molecule has 1 amide bonds. The number of carbonyl (C=O) groups excluding carboxylic acids is 1. The van der Waals surface area contributed by atoms with Gasteiger partial charge in [-0.1, -0.05) is 48.5 Å². The number of likely N-dealkylation sites (tertiary alicyclic amines) is 1. The van der Waals surface area contributed by atoms with E-state index in [1.807, 2.05) is 53.4 Å². The van der Waals surface area contributed by atoms with Crippen LogP contribution in [0.5, 0.6) is 0 Å². The van der Waals surface area contributed by atoms with Crippen molar-refractivity contribution >= 4 is 5.91 Å². The zero-order valence-electron chi connectivity index (χ0n) is 17.4. The zero-order valence-corrected chi connectivity index (χ0v) is 17.4. The molecule has 7 heteroatoms. The molecule has 3 aromatic rings. The average Bonchev–Trinajstić information content (AvgIpc) is 3.46. The van der Waals surface area contributed by atoms with E-state index in [1.165, 1.54) is 5.56 Å². The Balaban J connectivity index is 1.36. The summed E-state index contributed by atoms with van der Waals surface area (Å²) < 4.78 is 13.3. The van der Waals surface area contributed by atoms with Gasteiger partial charge < -0.3 is 14.4 Å². The van der Waals surface area contributed by atoms with Crippen molar-refractivity contribution in [2.45, 2.75) is 31.5 Å². The number of aryl methyl sites for hydroxylation is 2. The topological polar surface area (TPSA) is 69.5 Å². The molecule has 2 saturated heterocycles. The Morgan fingerprint density at radius 3 is 2.23 bits per heavy atom. The summed E-state index contributed by atoms with van der Waals surface area (Å²) in [5.74, 6) is 0.392. The highest BCUT2D eigenvalue weighted by atomic mass is 16.7. The first-order valence-electron chi connectivity index (χ1n) is 10.8. The van der Waals surface area contributed by atoms with E-state index >= 15 is 0 Å². The molecule has 2 aromatic carbocycles. The predicted molar refractivity (Wildman–Crippen MR) is 115 cm³/mol. The van der Waals surface area contributed by atoms with Crippen molar-refractivity contribution < 1.29 is 14.3 Å². The quantitative estimate of drug-likeness (QED) is 0.637. The predicted octanol–water partition coefficient (Wildman–Crippen LogP) is 3.03. The lowest BCUT2D eigenvalue weighted by atomic mass is 10.0. The van der Waals surface area contributed by atoms with Gasteiger partial charge >= 0.3 is 0 Å². The largest absolute Gasteiger partial charge is 0.347 e. The minimum absolute atomic E-state index is 0.136. The van der Waals surface area contributed by atoms with Gasteiger partial charge in [-0.2, -0.15) is 0 Å². The Hall–Kier alpha value is -3.03. The number of ether oxygens (including phenoxy) is 2. The molecule has 2 aliphatic rings. The van der Waals surface area contributed by atoms with Crippen LogP contribution < -0.4 is 0 Å². The number of rotatable bonds is 5. The highest BCUT2D eigenvalue weighted by Gasteiger charge is 2.41. The van der Waals surface area contributed by atoms with Crippen LogP contribution in [0, 0.1) is 0 Å². The molecule has 2 fully saturated rings. The van der Waals surface area contributed by atoms with Gasteiger partial charge in [-0.3, -0.25) is 4.79 Å². The molecule has 5 rings (SSSR count). The Morgan fingerprint density at radius 1 is 0.903 bits per heavy atom. The van der Waals surface area contributed by atoms with E-state index in [0.29, 0.717) is 45.6 Å². The third-order valence-corrected chi connectivity index (χ3v) is 5.97. The fourth-order valence-electron chi connectivity index (χ4n) is 4.25. The molecule has 2 aliphatic heterocycles. The number of hydrogen-bond acceptors (Lipinski definition) is 5. The summed E-state index contributed by atoms with van der Waals surface area (Å²) in [6, 6.07) is 20.1. The summed E-state index contributed by atoms with van der Waals surface area (Å²) in [4.78, 5) is 19.7.